The molecule has 0 atom stereocenters. The summed E-state index contributed by atoms with van der Waals surface area (Å²) in [5.74, 6) is 0.539. The third-order valence-electron chi connectivity index (χ3n) is 12.7. The predicted molar refractivity (Wildman–Crippen MR) is 231 cm³/mol. The Kier molecular flexibility index (Phi) is 8.17. The van der Waals surface area contributed by atoms with Crippen LogP contribution in [0.3, 0.4) is 0 Å². The normalized spacial score (nSPS) is 15.8. The van der Waals surface area contributed by atoms with Gasteiger partial charge in [0.25, 0.3) is 0 Å². The monoisotopic (exact) mass is 700 g/mol. The zero-order valence-electron chi connectivity index (χ0n) is 31.6. The van der Waals surface area contributed by atoms with Gasteiger partial charge in [-0.1, -0.05) is 124 Å². The molecule has 1 saturated carbocycles. The molecule has 0 spiro atoms. The van der Waals surface area contributed by atoms with Crippen LogP contribution in [0.25, 0.3) is 32.3 Å². The molecule has 0 aliphatic heterocycles. The van der Waals surface area contributed by atoms with Crippen molar-refractivity contribution in [2.75, 3.05) is 9.80 Å². The van der Waals surface area contributed by atoms with Gasteiger partial charge in [0.15, 0.2) is 0 Å². The van der Waals surface area contributed by atoms with Gasteiger partial charge in [0, 0.05) is 38.9 Å². The van der Waals surface area contributed by atoms with Crippen molar-refractivity contribution >= 4 is 66.4 Å². The highest BCUT2D eigenvalue weighted by Gasteiger charge is 2.34. The van der Waals surface area contributed by atoms with Crippen LogP contribution < -0.4 is 9.80 Å². The van der Waals surface area contributed by atoms with Crippen LogP contribution in [0.4, 0.5) is 34.1 Å². The molecular formula is C52H48N2. The van der Waals surface area contributed by atoms with Crippen molar-refractivity contribution in [1.29, 1.82) is 0 Å². The molecule has 0 bridgehead atoms. The fraction of sp³-hybridized carbons (Fsp3) is 0.231. The molecule has 2 aliphatic carbocycles. The summed E-state index contributed by atoms with van der Waals surface area (Å²) >= 11 is 0. The molecular weight excluding hydrogens is 653 g/mol. The summed E-state index contributed by atoms with van der Waals surface area (Å²) in [6.07, 6.45) is 9.99. The molecule has 1 fully saturated rings. The minimum absolute atomic E-state index is 0.0431. The second kappa shape index (κ2) is 13.4. The van der Waals surface area contributed by atoms with Gasteiger partial charge >= 0.3 is 0 Å². The van der Waals surface area contributed by atoms with Gasteiger partial charge in [-0.15, -0.1) is 0 Å². The number of rotatable bonds is 7. The van der Waals surface area contributed by atoms with Crippen molar-refractivity contribution in [2.24, 2.45) is 0 Å². The second-order valence-electron chi connectivity index (χ2n) is 16.4. The van der Waals surface area contributed by atoms with E-state index in [1.54, 1.807) is 0 Å². The van der Waals surface area contributed by atoms with Crippen LogP contribution in [0.15, 0.2) is 152 Å². The van der Waals surface area contributed by atoms with Gasteiger partial charge in [0.05, 0.1) is 11.4 Å². The van der Waals surface area contributed by atoms with Crippen LogP contribution in [-0.2, 0) is 11.8 Å². The zero-order chi connectivity index (χ0) is 36.2. The molecule has 8 aromatic rings. The molecule has 0 saturated heterocycles. The fourth-order valence-electron chi connectivity index (χ4n) is 9.95. The third-order valence-corrected chi connectivity index (χ3v) is 12.7. The molecule has 2 aliphatic rings. The highest BCUT2D eigenvalue weighted by atomic mass is 15.1. The van der Waals surface area contributed by atoms with E-state index in [-0.39, 0.29) is 5.41 Å². The predicted octanol–water partition coefficient (Wildman–Crippen LogP) is 15.2. The number of hydrogen-bond acceptors (Lipinski definition) is 2. The molecule has 0 radical (unpaired) electrons. The van der Waals surface area contributed by atoms with E-state index in [1.807, 2.05) is 0 Å². The van der Waals surface area contributed by atoms with E-state index in [4.69, 9.17) is 0 Å². The second-order valence-corrected chi connectivity index (χ2v) is 16.4. The number of aryl methyl sites for hydroxylation is 1. The molecule has 54 heavy (non-hydrogen) atoms. The van der Waals surface area contributed by atoms with Crippen molar-refractivity contribution in [3.8, 4) is 0 Å². The summed E-state index contributed by atoms with van der Waals surface area (Å²) in [5.41, 5.74) is 11.8. The third kappa shape index (κ3) is 5.46. The van der Waals surface area contributed by atoms with E-state index in [1.165, 1.54) is 122 Å². The topological polar surface area (TPSA) is 6.48 Å². The lowest BCUT2D eigenvalue weighted by molar-refractivity contribution is 0.475. The first-order valence-electron chi connectivity index (χ1n) is 20.2. The Morgan fingerprint density at radius 1 is 0.463 bits per heavy atom. The van der Waals surface area contributed by atoms with Gasteiger partial charge in [0.2, 0.25) is 0 Å². The lowest BCUT2D eigenvalue weighted by Crippen LogP contribution is -2.24. The lowest BCUT2D eigenvalue weighted by atomic mass is 9.70. The van der Waals surface area contributed by atoms with E-state index in [0.29, 0.717) is 5.92 Å². The first-order valence-corrected chi connectivity index (χ1v) is 20.2. The number of anilines is 6. The summed E-state index contributed by atoms with van der Waals surface area (Å²) < 4.78 is 0. The van der Waals surface area contributed by atoms with Crippen molar-refractivity contribution in [1.82, 2.24) is 0 Å². The molecule has 2 nitrogen and oxygen atoms in total. The Labute approximate surface area is 320 Å². The summed E-state index contributed by atoms with van der Waals surface area (Å²) in [7, 11) is 0. The molecule has 2 heteroatoms. The minimum atomic E-state index is 0.0431. The maximum atomic E-state index is 2.61. The van der Waals surface area contributed by atoms with E-state index in [9.17, 15) is 0 Å². The first-order chi connectivity index (χ1) is 26.6. The molecule has 266 valence electrons. The smallest absolute Gasteiger partial charge is 0.0543 e. The number of para-hydroxylation sites is 4. The average Bonchev–Trinajstić information content (AvgIpc) is 3.51. The number of hydrogen-bond donors (Lipinski definition) is 0. The van der Waals surface area contributed by atoms with Gasteiger partial charge in [-0.05, 0) is 137 Å². The summed E-state index contributed by atoms with van der Waals surface area (Å²) in [6.45, 7) is 4.94. The Balaban J connectivity index is 1.38. The number of nitrogens with zero attached hydrogens (tertiary/aromatic N) is 2. The Morgan fingerprint density at radius 2 is 0.944 bits per heavy atom. The van der Waals surface area contributed by atoms with Crippen molar-refractivity contribution in [3.05, 3.63) is 168 Å². The SMILES string of the molecule is CC1(C)CCc2cc(N(c3ccccc3)c3ccccc3)c3ccc4c(C5CCCCCC5)cc(N(c5ccccc5)c5ccccc5)c5cc1c2c3c45. The van der Waals surface area contributed by atoms with Crippen molar-refractivity contribution in [3.63, 3.8) is 0 Å². The van der Waals surface area contributed by atoms with Gasteiger partial charge < -0.3 is 9.80 Å². The van der Waals surface area contributed by atoms with Crippen molar-refractivity contribution in [2.45, 2.75) is 76.5 Å². The molecule has 0 N–H and O–H groups in total. The maximum absolute atomic E-state index is 2.61. The molecule has 8 aromatic carbocycles. The summed E-state index contributed by atoms with van der Waals surface area (Å²) in [6, 6.07) is 56.8. The van der Waals surface area contributed by atoms with Gasteiger partial charge in [-0.2, -0.15) is 0 Å². The summed E-state index contributed by atoms with van der Waals surface area (Å²) in [4.78, 5) is 5.03. The fourth-order valence-corrected chi connectivity index (χ4v) is 9.95. The molecule has 10 rings (SSSR count). The average molecular weight is 701 g/mol. The van der Waals surface area contributed by atoms with Gasteiger partial charge in [0.1, 0.15) is 0 Å². The van der Waals surface area contributed by atoms with Crippen LogP contribution in [0.5, 0.6) is 0 Å². The zero-order valence-corrected chi connectivity index (χ0v) is 31.6. The van der Waals surface area contributed by atoms with E-state index in [0.717, 1.165) is 12.8 Å². The van der Waals surface area contributed by atoms with E-state index in [2.05, 4.69) is 175 Å². The quantitative estimate of drug-likeness (QED) is 0.121. The minimum Gasteiger partial charge on any atom is -0.310 e. The van der Waals surface area contributed by atoms with E-state index < -0.39 is 0 Å². The molecule has 0 aromatic heterocycles. The van der Waals surface area contributed by atoms with Gasteiger partial charge in [-0.25, -0.2) is 0 Å². The highest BCUT2D eigenvalue weighted by Crippen LogP contribution is 2.55. The van der Waals surface area contributed by atoms with Crippen LogP contribution in [0, 0.1) is 0 Å². The van der Waals surface area contributed by atoms with E-state index >= 15 is 0 Å². The molecule has 0 unspecified atom stereocenters. The van der Waals surface area contributed by atoms with Crippen molar-refractivity contribution < 1.29 is 0 Å². The largest absolute Gasteiger partial charge is 0.310 e. The van der Waals surface area contributed by atoms with Crippen LogP contribution in [0.1, 0.15) is 81.4 Å². The van der Waals surface area contributed by atoms with Crippen LogP contribution in [-0.4, -0.2) is 0 Å². The lowest BCUT2D eigenvalue weighted by Gasteiger charge is -2.37. The van der Waals surface area contributed by atoms with Crippen LogP contribution >= 0.6 is 0 Å². The Morgan fingerprint density at radius 3 is 1.46 bits per heavy atom. The number of benzene rings is 8. The maximum Gasteiger partial charge on any atom is 0.0543 e. The first kappa shape index (κ1) is 33.0. The highest BCUT2D eigenvalue weighted by molar-refractivity contribution is 6.30. The Hall–Kier alpha value is -5.60. The standard InChI is InChI=1S/C52H48N2/c1-52(2)32-31-37-33-47(53(38-21-11-5-12-22-38)39-23-13-6-14-24-39)43-30-29-42-44(36-19-9-3-4-10-20-36)35-48(45-34-46(52)49(37)51(43)50(42)45)54(40-25-15-7-16-26-40)41-27-17-8-18-28-41/h5-8,11-18,21-30,33-36H,3-4,9-10,19-20,31-32H2,1-2H3. The molecule has 0 amide bonds. The van der Waals surface area contributed by atoms with Crippen LogP contribution in [0.2, 0.25) is 0 Å². The Bertz CT molecular complexity index is 2490. The summed E-state index contributed by atoms with van der Waals surface area (Å²) in [5, 5.41) is 8.48. The molecule has 0 heterocycles. The van der Waals surface area contributed by atoms with Gasteiger partial charge in [-0.3, -0.25) is 0 Å².